The predicted octanol–water partition coefficient (Wildman–Crippen LogP) is 2.94. The van der Waals surface area contributed by atoms with Crippen LogP contribution in [-0.2, 0) is 4.79 Å². The van der Waals surface area contributed by atoms with E-state index in [1.54, 1.807) is 31.2 Å². The molecule has 0 atom stereocenters. The van der Waals surface area contributed by atoms with E-state index in [0.29, 0.717) is 23.5 Å². The van der Waals surface area contributed by atoms with Crippen LogP contribution in [0.25, 0.3) is 0 Å². The molecule has 5 nitrogen and oxygen atoms in total. The lowest BCUT2D eigenvalue weighted by atomic mass is 10.2. The molecule has 0 aliphatic heterocycles. The van der Waals surface area contributed by atoms with Crippen LogP contribution in [0.15, 0.2) is 48.5 Å². The number of amides is 2. The Morgan fingerprint density at radius 1 is 1.12 bits per heavy atom. The maximum atomic E-state index is 13.0. The van der Waals surface area contributed by atoms with Crippen molar-refractivity contribution in [1.82, 2.24) is 4.90 Å². The SMILES string of the molecule is CCN(CC(=O)Nc1ccccc1OC)C(=O)c1ccc(F)cc1. The smallest absolute Gasteiger partial charge is 0.254 e. The van der Waals surface area contributed by atoms with E-state index in [9.17, 15) is 14.0 Å². The standard InChI is InChI=1S/C18H19FN2O3/c1-3-21(18(23)13-8-10-14(19)11-9-13)12-17(22)20-15-6-4-5-7-16(15)24-2/h4-11H,3,12H2,1-2H3,(H,20,22). The van der Waals surface area contributed by atoms with Crippen LogP contribution in [0.4, 0.5) is 10.1 Å². The Morgan fingerprint density at radius 2 is 1.79 bits per heavy atom. The van der Waals surface area contributed by atoms with E-state index in [4.69, 9.17) is 4.74 Å². The minimum atomic E-state index is -0.413. The molecule has 0 saturated heterocycles. The maximum absolute atomic E-state index is 13.0. The molecule has 0 radical (unpaired) electrons. The van der Waals surface area contributed by atoms with Crippen molar-refractivity contribution in [3.63, 3.8) is 0 Å². The Hall–Kier alpha value is -2.89. The van der Waals surface area contributed by atoms with Gasteiger partial charge in [0.25, 0.3) is 5.91 Å². The van der Waals surface area contributed by atoms with Crippen LogP contribution in [0.3, 0.4) is 0 Å². The summed E-state index contributed by atoms with van der Waals surface area (Å²) in [5.41, 5.74) is 0.874. The molecule has 126 valence electrons. The first kappa shape index (κ1) is 17.5. The predicted molar refractivity (Wildman–Crippen MR) is 89.6 cm³/mol. The van der Waals surface area contributed by atoms with Gasteiger partial charge in [-0.25, -0.2) is 4.39 Å². The van der Waals surface area contributed by atoms with Gasteiger partial charge in [-0.15, -0.1) is 0 Å². The molecule has 0 aliphatic rings. The van der Waals surface area contributed by atoms with Gasteiger partial charge < -0.3 is 15.0 Å². The number of nitrogens with one attached hydrogen (secondary N) is 1. The number of ether oxygens (including phenoxy) is 1. The van der Waals surface area contributed by atoms with Crippen LogP contribution in [0.1, 0.15) is 17.3 Å². The first-order valence-electron chi connectivity index (χ1n) is 7.53. The van der Waals surface area contributed by atoms with Gasteiger partial charge in [-0.3, -0.25) is 9.59 Å². The monoisotopic (exact) mass is 330 g/mol. The molecular weight excluding hydrogens is 311 g/mol. The van der Waals surface area contributed by atoms with Crippen molar-refractivity contribution < 1.29 is 18.7 Å². The number of likely N-dealkylation sites (N-methyl/N-ethyl adjacent to an activating group) is 1. The number of nitrogens with zero attached hydrogens (tertiary/aromatic N) is 1. The number of carbonyl (C=O) groups is 2. The number of halogens is 1. The molecule has 2 aromatic rings. The third kappa shape index (κ3) is 4.32. The lowest BCUT2D eigenvalue weighted by Gasteiger charge is -2.20. The molecule has 0 aromatic heterocycles. The summed E-state index contributed by atoms with van der Waals surface area (Å²) in [5, 5.41) is 2.72. The summed E-state index contributed by atoms with van der Waals surface area (Å²) in [6.07, 6.45) is 0. The van der Waals surface area contributed by atoms with Crippen LogP contribution in [0.5, 0.6) is 5.75 Å². The minimum absolute atomic E-state index is 0.106. The van der Waals surface area contributed by atoms with Crippen molar-refractivity contribution in [3.05, 3.63) is 59.9 Å². The Balaban J connectivity index is 2.05. The summed E-state index contributed by atoms with van der Waals surface area (Å²) < 4.78 is 18.1. The van der Waals surface area contributed by atoms with Gasteiger partial charge in [0.1, 0.15) is 18.1 Å². The molecule has 0 fully saturated rings. The quantitative estimate of drug-likeness (QED) is 0.886. The molecule has 2 amide bonds. The van der Waals surface area contributed by atoms with Gasteiger partial charge in [-0.05, 0) is 43.3 Å². The maximum Gasteiger partial charge on any atom is 0.254 e. The van der Waals surface area contributed by atoms with E-state index < -0.39 is 5.82 Å². The highest BCUT2D eigenvalue weighted by molar-refractivity contribution is 5.99. The van der Waals surface area contributed by atoms with E-state index in [1.165, 1.54) is 36.3 Å². The molecule has 24 heavy (non-hydrogen) atoms. The van der Waals surface area contributed by atoms with E-state index >= 15 is 0 Å². The van der Waals surface area contributed by atoms with Crippen molar-refractivity contribution in [3.8, 4) is 5.75 Å². The van der Waals surface area contributed by atoms with Crippen molar-refractivity contribution >= 4 is 17.5 Å². The first-order chi connectivity index (χ1) is 11.5. The Kier molecular flexibility index (Phi) is 5.89. The molecule has 0 bridgehead atoms. The van der Waals surface area contributed by atoms with Crippen molar-refractivity contribution in [1.29, 1.82) is 0 Å². The Labute approximate surface area is 140 Å². The van der Waals surface area contributed by atoms with Crippen LogP contribution in [0.2, 0.25) is 0 Å². The second kappa shape index (κ2) is 8.10. The summed E-state index contributed by atoms with van der Waals surface area (Å²) in [4.78, 5) is 26.0. The number of rotatable bonds is 6. The fraction of sp³-hybridized carbons (Fsp3) is 0.222. The van der Waals surface area contributed by atoms with E-state index in [-0.39, 0.29) is 18.4 Å². The van der Waals surface area contributed by atoms with Gasteiger partial charge in [0, 0.05) is 12.1 Å². The molecule has 6 heteroatoms. The zero-order valence-corrected chi connectivity index (χ0v) is 13.6. The van der Waals surface area contributed by atoms with E-state index in [2.05, 4.69) is 5.32 Å². The number of hydrogen-bond acceptors (Lipinski definition) is 3. The van der Waals surface area contributed by atoms with E-state index in [1.807, 2.05) is 0 Å². The fourth-order valence-corrected chi connectivity index (χ4v) is 2.21. The fourth-order valence-electron chi connectivity index (χ4n) is 2.21. The summed E-state index contributed by atoms with van der Waals surface area (Å²) in [5.74, 6) is -0.535. The average Bonchev–Trinajstić information content (AvgIpc) is 2.60. The molecule has 0 heterocycles. The summed E-state index contributed by atoms with van der Waals surface area (Å²) in [6.45, 7) is 2.03. The minimum Gasteiger partial charge on any atom is -0.495 e. The normalized spacial score (nSPS) is 10.1. The zero-order valence-electron chi connectivity index (χ0n) is 13.6. The Morgan fingerprint density at radius 3 is 2.42 bits per heavy atom. The average molecular weight is 330 g/mol. The number of benzene rings is 2. The summed E-state index contributed by atoms with van der Waals surface area (Å²) in [6, 6.07) is 12.3. The van der Waals surface area contributed by atoms with Gasteiger partial charge in [0.05, 0.1) is 12.8 Å². The van der Waals surface area contributed by atoms with Gasteiger partial charge in [-0.1, -0.05) is 12.1 Å². The molecule has 0 unspecified atom stereocenters. The number of carbonyl (C=O) groups excluding carboxylic acids is 2. The second-order valence-electron chi connectivity index (χ2n) is 5.07. The van der Waals surface area contributed by atoms with Crippen molar-refractivity contribution in [2.75, 3.05) is 25.5 Å². The lowest BCUT2D eigenvalue weighted by Crippen LogP contribution is -2.37. The third-order valence-corrected chi connectivity index (χ3v) is 3.48. The van der Waals surface area contributed by atoms with Crippen LogP contribution >= 0.6 is 0 Å². The molecule has 0 spiro atoms. The largest absolute Gasteiger partial charge is 0.495 e. The first-order valence-corrected chi connectivity index (χ1v) is 7.53. The van der Waals surface area contributed by atoms with Gasteiger partial charge in [0.2, 0.25) is 5.91 Å². The highest BCUT2D eigenvalue weighted by Crippen LogP contribution is 2.22. The van der Waals surface area contributed by atoms with Gasteiger partial charge in [-0.2, -0.15) is 0 Å². The number of anilines is 1. The highest BCUT2D eigenvalue weighted by Gasteiger charge is 2.18. The van der Waals surface area contributed by atoms with Crippen molar-refractivity contribution in [2.24, 2.45) is 0 Å². The molecule has 2 aromatic carbocycles. The third-order valence-electron chi connectivity index (χ3n) is 3.48. The summed E-state index contributed by atoms with van der Waals surface area (Å²) >= 11 is 0. The van der Waals surface area contributed by atoms with Crippen molar-refractivity contribution in [2.45, 2.75) is 6.92 Å². The zero-order chi connectivity index (χ0) is 17.5. The molecular formula is C18H19FN2O3. The van der Waals surface area contributed by atoms with E-state index in [0.717, 1.165) is 0 Å². The second-order valence-corrected chi connectivity index (χ2v) is 5.07. The summed E-state index contributed by atoms with van der Waals surface area (Å²) in [7, 11) is 1.52. The molecule has 0 aliphatic carbocycles. The van der Waals surface area contributed by atoms with Crippen LogP contribution in [0, 0.1) is 5.82 Å². The van der Waals surface area contributed by atoms with Crippen LogP contribution in [-0.4, -0.2) is 36.9 Å². The number of methoxy groups -OCH3 is 1. The number of hydrogen-bond donors (Lipinski definition) is 1. The topological polar surface area (TPSA) is 58.6 Å². The van der Waals surface area contributed by atoms with Crippen LogP contribution < -0.4 is 10.1 Å². The Bertz CT molecular complexity index is 716. The molecule has 1 N–H and O–H groups in total. The lowest BCUT2D eigenvalue weighted by molar-refractivity contribution is -0.116. The molecule has 2 rings (SSSR count). The number of para-hydroxylation sites is 2. The van der Waals surface area contributed by atoms with Gasteiger partial charge >= 0.3 is 0 Å². The molecule has 0 saturated carbocycles. The highest BCUT2D eigenvalue weighted by atomic mass is 19.1. The van der Waals surface area contributed by atoms with Gasteiger partial charge in [0.15, 0.2) is 0 Å².